The molecule has 0 nitrogen and oxygen atoms in total. The van der Waals surface area contributed by atoms with Gasteiger partial charge in [-0.3, -0.25) is 0 Å². The first-order valence-corrected chi connectivity index (χ1v) is 3.64. The van der Waals surface area contributed by atoms with Crippen LogP contribution in [0.4, 0.5) is 0 Å². The molecule has 0 spiro atoms. The van der Waals surface area contributed by atoms with Gasteiger partial charge in [-0.05, 0) is 6.42 Å². The van der Waals surface area contributed by atoms with Crippen molar-refractivity contribution in [2.45, 2.75) is 19.8 Å². The largest absolute Gasteiger partial charge is 0.147 e. The highest BCUT2D eigenvalue weighted by Crippen LogP contribution is 1.86. The molecule has 0 heterocycles. The van der Waals surface area contributed by atoms with Crippen LogP contribution in [0.15, 0.2) is 0 Å². The Morgan fingerprint density at radius 1 is 1.25 bits per heavy atom. The SMILES string of the molecule is CCCCCl.CCl.Cl. The van der Waals surface area contributed by atoms with Crippen LogP contribution in [0.3, 0.4) is 0 Å². The van der Waals surface area contributed by atoms with Crippen LogP contribution in [0.5, 0.6) is 0 Å². The van der Waals surface area contributed by atoms with Crippen LogP contribution < -0.4 is 0 Å². The lowest BCUT2D eigenvalue weighted by atomic mass is 10.4. The molecule has 3 heteroatoms. The fourth-order valence-corrected chi connectivity index (χ4v) is 0.401. The molecule has 0 saturated heterocycles. The summed E-state index contributed by atoms with van der Waals surface area (Å²) in [6, 6.07) is 0. The van der Waals surface area contributed by atoms with E-state index in [0.717, 1.165) is 12.3 Å². The van der Waals surface area contributed by atoms with E-state index in [9.17, 15) is 0 Å². The van der Waals surface area contributed by atoms with Gasteiger partial charge in [0, 0.05) is 12.3 Å². The van der Waals surface area contributed by atoms with Gasteiger partial charge in [-0.15, -0.1) is 35.6 Å². The van der Waals surface area contributed by atoms with E-state index in [1.54, 1.807) is 0 Å². The van der Waals surface area contributed by atoms with Gasteiger partial charge < -0.3 is 0 Å². The van der Waals surface area contributed by atoms with E-state index in [-0.39, 0.29) is 12.4 Å². The van der Waals surface area contributed by atoms with Gasteiger partial charge in [0.1, 0.15) is 0 Å². The molecule has 0 aliphatic heterocycles. The number of halogens is 3. The predicted octanol–water partition coefficient (Wildman–Crippen LogP) is 3.30. The van der Waals surface area contributed by atoms with Gasteiger partial charge in [-0.25, -0.2) is 0 Å². The summed E-state index contributed by atoms with van der Waals surface area (Å²) in [4.78, 5) is 0. The normalized spacial score (nSPS) is 6.00. The van der Waals surface area contributed by atoms with Crippen LogP contribution in [-0.2, 0) is 0 Å². The first-order chi connectivity index (χ1) is 3.41. The molecule has 0 aliphatic carbocycles. The van der Waals surface area contributed by atoms with Gasteiger partial charge in [-0.2, -0.15) is 0 Å². The minimum Gasteiger partial charge on any atom is -0.147 e. The molecule has 0 aromatic rings. The second-order valence-electron chi connectivity index (χ2n) is 1.04. The highest BCUT2D eigenvalue weighted by Gasteiger charge is 1.70. The second-order valence-corrected chi connectivity index (χ2v) is 1.42. The molecule has 0 radical (unpaired) electrons. The quantitative estimate of drug-likeness (QED) is 0.571. The minimum absolute atomic E-state index is 0. The third-order valence-electron chi connectivity index (χ3n) is 0.487. The van der Waals surface area contributed by atoms with Crippen molar-refractivity contribution in [3.05, 3.63) is 0 Å². The number of hydrogen-bond donors (Lipinski definition) is 0. The molecule has 0 unspecified atom stereocenters. The average molecular weight is 180 g/mol. The number of rotatable bonds is 2. The van der Waals surface area contributed by atoms with E-state index in [0.29, 0.717) is 0 Å². The highest BCUT2D eigenvalue weighted by molar-refractivity contribution is 6.17. The van der Waals surface area contributed by atoms with E-state index in [1.807, 2.05) is 0 Å². The summed E-state index contributed by atoms with van der Waals surface area (Å²) < 4.78 is 0. The van der Waals surface area contributed by atoms with Crippen LogP contribution in [0.1, 0.15) is 19.8 Å². The molecule has 0 saturated carbocycles. The van der Waals surface area contributed by atoms with Crippen LogP contribution in [0.25, 0.3) is 0 Å². The zero-order chi connectivity index (χ0) is 6.12. The fourth-order valence-electron chi connectivity index (χ4n) is 0.134. The lowest BCUT2D eigenvalue weighted by Crippen LogP contribution is -1.65. The summed E-state index contributed by atoms with van der Waals surface area (Å²) in [7, 11) is 0. The molecule has 0 atom stereocenters. The predicted molar refractivity (Wildman–Crippen MR) is 44.7 cm³/mol. The van der Waals surface area contributed by atoms with Crippen molar-refractivity contribution >= 4 is 35.6 Å². The molecule has 0 bridgehead atoms. The maximum absolute atomic E-state index is 5.30. The van der Waals surface area contributed by atoms with Crippen molar-refractivity contribution in [1.82, 2.24) is 0 Å². The molecule has 54 valence electrons. The van der Waals surface area contributed by atoms with E-state index in [4.69, 9.17) is 11.6 Å². The Morgan fingerprint density at radius 3 is 1.62 bits per heavy atom. The second kappa shape index (κ2) is 24.8. The Labute approximate surface area is 68.0 Å². The molecule has 0 fully saturated rings. The van der Waals surface area contributed by atoms with Crippen LogP contribution in [0.2, 0.25) is 0 Å². The molecule has 0 aromatic carbocycles. The van der Waals surface area contributed by atoms with Gasteiger partial charge in [0.2, 0.25) is 0 Å². The summed E-state index contributed by atoms with van der Waals surface area (Å²) in [5, 5.41) is 0. The van der Waals surface area contributed by atoms with Gasteiger partial charge in [0.05, 0.1) is 0 Å². The standard InChI is InChI=1S/C4H9Cl.CH3Cl.ClH/c1-2-3-4-5;1-2;/h2-4H2,1H3;1H3;1H. The molecule has 0 rings (SSSR count). The van der Waals surface area contributed by atoms with Crippen molar-refractivity contribution in [1.29, 1.82) is 0 Å². The summed E-state index contributed by atoms with van der Waals surface area (Å²) in [5.41, 5.74) is 0. The maximum atomic E-state index is 5.30. The van der Waals surface area contributed by atoms with E-state index >= 15 is 0 Å². The Hall–Kier alpha value is 0.870. The number of alkyl halides is 2. The van der Waals surface area contributed by atoms with Crippen molar-refractivity contribution in [3.63, 3.8) is 0 Å². The third kappa shape index (κ3) is 28.7. The summed E-state index contributed by atoms with van der Waals surface area (Å²) in [6.45, 7) is 2.13. The lowest BCUT2D eigenvalue weighted by Gasteiger charge is -1.77. The molecule has 0 N–H and O–H groups in total. The van der Waals surface area contributed by atoms with Crippen LogP contribution >= 0.6 is 35.6 Å². The first-order valence-electron chi connectivity index (χ1n) is 2.35. The van der Waals surface area contributed by atoms with Crippen molar-refractivity contribution in [2.24, 2.45) is 0 Å². The van der Waals surface area contributed by atoms with E-state index < -0.39 is 0 Å². The fraction of sp³-hybridized carbons (Fsp3) is 1.00. The smallest absolute Gasteiger partial charge is 0.0223 e. The number of hydrogen-bond acceptors (Lipinski definition) is 0. The Morgan fingerprint density at radius 2 is 1.62 bits per heavy atom. The zero-order valence-corrected chi connectivity index (χ0v) is 7.61. The highest BCUT2D eigenvalue weighted by atomic mass is 35.5. The topological polar surface area (TPSA) is 0 Å². The summed E-state index contributed by atoms with van der Waals surface area (Å²) in [5.74, 6) is 0.816. The zero-order valence-electron chi connectivity index (χ0n) is 5.29. The minimum atomic E-state index is 0. The Balaban J connectivity index is -0.0000000750. The van der Waals surface area contributed by atoms with Crippen molar-refractivity contribution in [2.75, 3.05) is 12.3 Å². The Kier molecular flexibility index (Phi) is 49.4. The molecular weight excluding hydrogens is 166 g/mol. The van der Waals surface area contributed by atoms with Gasteiger partial charge >= 0.3 is 0 Å². The van der Waals surface area contributed by atoms with Crippen molar-refractivity contribution in [3.8, 4) is 0 Å². The van der Waals surface area contributed by atoms with Crippen LogP contribution in [0, 0.1) is 0 Å². The molecular formula is C5H13Cl3. The first kappa shape index (κ1) is 15.9. The van der Waals surface area contributed by atoms with E-state index in [2.05, 4.69) is 18.5 Å². The van der Waals surface area contributed by atoms with Crippen LogP contribution in [-0.4, -0.2) is 12.3 Å². The molecule has 0 amide bonds. The lowest BCUT2D eigenvalue weighted by molar-refractivity contribution is 0.892. The van der Waals surface area contributed by atoms with Crippen molar-refractivity contribution < 1.29 is 0 Å². The third-order valence-corrected chi connectivity index (χ3v) is 0.754. The monoisotopic (exact) mass is 178 g/mol. The van der Waals surface area contributed by atoms with Gasteiger partial charge in [-0.1, -0.05) is 13.3 Å². The molecule has 0 aromatic heterocycles. The van der Waals surface area contributed by atoms with E-state index in [1.165, 1.54) is 12.8 Å². The Bertz CT molecular complexity index is 15.1. The van der Waals surface area contributed by atoms with Gasteiger partial charge in [0.25, 0.3) is 0 Å². The molecule has 8 heavy (non-hydrogen) atoms. The maximum Gasteiger partial charge on any atom is 0.0223 e. The summed E-state index contributed by atoms with van der Waals surface area (Å²) >= 11 is 9.94. The molecule has 0 aliphatic rings. The number of unbranched alkanes of at least 4 members (excludes halogenated alkanes) is 1. The average Bonchev–Trinajstić information content (AvgIpc) is 1.75. The summed E-state index contributed by atoms with van der Waals surface area (Å²) in [6.07, 6.45) is 3.84. The van der Waals surface area contributed by atoms with Gasteiger partial charge in [0.15, 0.2) is 0 Å².